The summed E-state index contributed by atoms with van der Waals surface area (Å²) in [6.07, 6.45) is 48.9. The molecule has 0 spiro atoms. The number of nitrogens with one attached hydrogen (secondary N) is 1. The predicted molar refractivity (Wildman–Crippen MR) is 323 cm³/mol. The summed E-state index contributed by atoms with van der Waals surface area (Å²) in [7, 11) is 0. The van der Waals surface area contributed by atoms with Crippen molar-refractivity contribution in [1.29, 1.82) is 0 Å². The van der Waals surface area contributed by atoms with Gasteiger partial charge >= 0.3 is 0 Å². The largest absolute Gasteiger partial charge is 0.394 e. The fourth-order valence-electron chi connectivity index (χ4n) is 10.7. The number of hydrogen-bond acceptors (Lipinski definition) is 13. The summed E-state index contributed by atoms with van der Waals surface area (Å²) >= 11 is 0. The van der Waals surface area contributed by atoms with Crippen molar-refractivity contribution in [2.45, 2.75) is 344 Å². The van der Waals surface area contributed by atoms with Crippen molar-refractivity contribution in [2.75, 3.05) is 19.8 Å². The van der Waals surface area contributed by atoms with Crippen LogP contribution in [0.5, 0.6) is 0 Å². The fraction of sp³-hybridized carbons (Fsp3) is 0.864. The van der Waals surface area contributed by atoms with Crippen LogP contribution in [0.1, 0.15) is 271 Å². The molecule has 2 heterocycles. The first-order valence-electron chi connectivity index (χ1n) is 32.9. The Balaban J connectivity index is 1.71. The van der Waals surface area contributed by atoms with Crippen LogP contribution in [0.3, 0.4) is 0 Å². The van der Waals surface area contributed by atoms with E-state index in [0.717, 1.165) is 57.8 Å². The highest BCUT2D eigenvalue weighted by atomic mass is 16.7. The maximum absolute atomic E-state index is 13.3. The average molecular weight is 1140 g/mol. The number of allylic oxidation sites excluding steroid dienone is 7. The van der Waals surface area contributed by atoms with Crippen LogP contribution in [0, 0.1) is 0 Å². The number of ether oxygens (including phenoxy) is 4. The fourth-order valence-corrected chi connectivity index (χ4v) is 10.7. The van der Waals surface area contributed by atoms with E-state index in [9.17, 15) is 45.6 Å². The Bertz CT molecular complexity index is 1530. The lowest BCUT2D eigenvalue weighted by Crippen LogP contribution is -2.65. The van der Waals surface area contributed by atoms with E-state index in [1.165, 1.54) is 180 Å². The molecule has 1 amide bonds. The van der Waals surface area contributed by atoms with E-state index >= 15 is 0 Å². The first kappa shape index (κ1) is 74.1. The normalized spacial score (nSPS) is 24.5. The number of amides is 1. The van der Waals surface area contributed by atoms with Gasteiger partial charge in [0.1, 0.15) is 48.8 Å². The van der Waals surface area contributed by atoms with Crippen molar-refractivity contribution in [3.8, 4) is 0 Å². The number of carbonyl (C=O) groups is 1. The van der Waals surface area contributed by atoms with Gasteiger partial charge in [-0.2, -0.15) is 0 Å². The van der Waals surface area contributed by atoms with Crippen molar-refractivity contribution in [1.82, 2.24) is 5.32 Å². The molecule has 14 heteroatoms. The average Bonchev–Trinajstić information content (AvgIpc) is 3.46. The Hall–Kier alpha value is -2.05. The molecule has 2 fully saturated rings. The Morgan fingerprint density at radius 1 is 0.450 bits per heavy atom. The van der Waals surface area contributed by atoms with Crippen LogP contribution in [0.4, 0.5) is 0 Å². The summed E-state index contributed by atoms with van der Waals surface area (Å²) in [6.45, 7) is 2.77. The molecule has 12 unspecified atom stereocenters. The van der Waals surface area contributed by atoms with E-state index in [1.807, 2.05) is 6.08 Å². The zero-order valence-electron chi connectivity index (χ0n) is 50.6. The van der Waals surface area contributed by atoms with Gasteiger partial charge in [-0.25, -0.2) is 0 Å². The molecule has 468 valence electrons. The minimum atomic E-state index is -1.79. The molecule has 2 rings (SSSR count). The van der Waals surface area contributed by atoms with E-state index in [0.29, 0.717) is 12.8 Å². The summed E-state index contributed by atoms with van der Waals surface area (Å²) in [5.41, 5.74) is 0. The lowest BCUT2D eigenvalue weighted by Gasteiger charge is -2.46. The summed E-state index contributed by atoms with van der Waals surface area (Å²) < 4.78 is 22.8. The number of aliphatic hydroxyl groups is 8. The van der Waals surface area contributed by atoms with Crippen molar-refractivity contribution in [2.24, 2.45) is 0 Å². The maximum Gasteiger partial charge on any atom is 0.220 e. The summed E-state index contributed by atoms with van der Waals surface area (Å²) in [6, 6.07) is -0.941. The van der Waals surface area contributed by atoms with Crippen molar-refractivity contribution in [3.63, 3.8) is 0 Å². The van der Waals surface area contributed by atoms with Crippen LogP contribution in [0.25, 0.3) is 0 Å². The van der Waals surface area contributed by atoms with Crippen LogP contribution in [0.15, 0.2) is 48.6 Å². The zero-order valence-corrected chi connectivity index (χ0v) is 50.6. The standard InChI is InChI=1S/C66H121NO13/c1-3-5-7-9-11-13-15-17-19-21-22-23-24-25-26-27-28-29-30-31-32-33-34-35-37-39-41-43-45-47-49-55(70)54(67-58(71)50-48-46-44-42-40-38-36-20-18-16-14-12-10-8-6-4-2)53-77-65-63(76)61(74)64(57(52-69)79-65)80-66-62(75)60(73)59(72)56(51-68)78-66/h14,16,20,36,39,41,47,49,54-57,59-66,68-70,72-76H,3-13,15,17-19,21-35,37-38,40,42-46,48,50-53H2,1-2H3,(H,67,71)/b16-14-,36-20-,41-39+,49-47+. The predicted octanol–water partition coefficient (Wildman–Crippen LogP) is 12.3. The quantitative estimate of drug-likeness (QED) is 0.0204. The second-order valence-electron chi connectivity index (χ2n) is 23.2. The molecular weight excluding hydrogens is 1010 g/mol. The Labute approximate surface area is 486 Å². The molecule has 14 nitrogen and oxygen atoms in total. The van der Waals surface area contributed by atoms with E-state index in [4.69, 9.17) is 18.9 Å². The first-order valence-corrected chi connectivity index (χ1v) is 32.9. The van der Waals surface area contributed by atoms with E-state index in [1.54, 1.807) is 6.08 Å². The highest BCUT2D eigenvalue weighted by molar-refractivity contribution is 5.76. The second kappa shape index (κ2) is 51.4. The minimum absolute atomic E-state index is 0.257. The van der Waals surface area contributed by atoms with Gasteiger partial charge in [-0.1, -0.05) is 249 Å². The molecule has 2 aliphatic heterocycles. The highest BCUT2D eigenvalue weighted by Crippen LogP contribution is 2.30. The number of aliphatic hydroxyl groups excluding tert-OH is 8. The summed E-state index contributed by atoms with van der Waals surface area (Å²) in [5.74, 6) is -0.262. The number of carbonyl (C=O) groups excluding carboxylic acids is 1. The molecule has 2 aliphatic rings. The summed E-state index contributed by atoms with van der Waals surface area (Å²) in [5, 5.41) is 87.2. The van der Waals surface area contributed by atoms with Crippen LogP contribution in [-0.2, 0) is 23.7 Å². The molecule has 0 radical (unpaired) electrons. The molecule has 9 N–H and O–H groups in total. The zero-order chi connectivity index (χ0) is 58.1. The van der Waals surface area contributed by atoms with Gasteiger partial charge < -0.3 is 65.1 Å². The topological polar surface area (TPSA) is 228 Å². The third-order valence-electron chi connectivity index (χ3n) is 16.0. The van der Waals surface area contributed by atoms with Crippen molar-refractivity contribution >= 4 is 5.91 Å². The van der Waals surface area contributed by atoms with Crippen LogP contribution >= 0.6 is 0 Å². The van der Waals surface area contributed by atoms with Crippen LogP contribution < -0.4 is 5.32 Å². The summed E-state index contributed by atoms with van der Waals surface area (Å²) in [4.78, 5) is 13.3. The Morgan fingerprint density at radius 2 is 0.838 bits per heavy atom. The molecule has 0 aromatic rings. The number of unbranched alkanes of at least 4 members (excludes halogenated alkanes) is 34. The SMILES string of the molecule is CCCCCC/C=C\C/C=C\CCCCCCCC(=O)NC(COC1OC(CO)C(OC2OC(CO)C(O)C(O)C2O)C(O)C1O)C(O)/C=C/CC/C=C/CCCCCCCCCCCCCCCCCCCCCCCCCC. The van der Waals surface area contributed by atoms with Crippen LogP contribution in [0.2, 0.25) is 0 Å². The molecule has 0 bridgehead atoms. The van der Waals surface area contributed by atoms with Gasteiger partial charge in [-0.15, -0.1) is 0 Å². The van der Waals surface area contributed by atoms with Gasteiger partial charge in [0, 0.05) is 6.42 Å². The van der Waals surface area contributed by atoms with Gasteiger partial charge in [0.25, 0.3) is 0 Å². The number of hydrogen-bond donors (Lipinski definition) is 9. The Kier molecular flexibility index (Phi) is 47.6. The molecule has 2 saturated heterocycles. The molecule has 0 aromatic carbocycles. The first-order chi connectivity index (χ1) is 39.1. The molecular formula is C66H121NO13. The van der Waals surface area contributed by atoms with Crippen LogP contribution in [-0.4, -0.2) is 140 Å². The lowest BCUT2D eigenvalue weighted by molar-refractivity contribution is -0.359. The van der Waals surface area contributed by atoms with Crippen molar-refractivity contribution < 1.29 is 64.6 Å². The van der Waals surface area contributed by atoms with E-state index < -0.39 is 86.8 Å². The molecule has 80 heavy (non-hydrogen) atoms. The minimum Gasteiger partial charge on any atom is -0.394 e. The van der Waals surface area contributed by atoms with E-state index in [-0.39, 0.29) is 18.9 Å². The Morgan fingerprint density at radius 3 is 1.31 bits per heavy atom. The van der Waals surface area contributed by atoms with Crippen molar-refractivity contribution in [3.05, 3.63) is 48.6 Å². The van der Waals surface area contributed by atoms with Gasteiger partial charge in [-0.05, 0) is 64.2 Å². The smallest absolute Gasteiger partial charge is 0.220 e. The molecule has 0 saturated carbocycles. The van der Waals surface area contributed by atoms with Gasteiger partial charge in [0.2, 0.25) is 5.91 Å². The second-order valence-corrected chi connectivity index (χ2v) is 23.2. The van der Waals surface area contributed by atoms with Gasteiger partial charge in [0.05, 0.1) is 32.0 Å². The molecule has 12 atom stereocenters. The van der Waals surface area contributed by atoms with Gasteiger partial charge in [-0.3, -0.25) is 4.79 Å². The molecule has 0 aromatic heterocycles. The number of rotatable bonds is 53. The van der Waals surface area contributed by atoms with E-state index in [2.05, 4.69) is 55.6 Å². The monoisotopic (exact) mass is 1140 g/mol. The molecule has 0 aliphatic carbocycles. The highest BCUT2D eigenvalue weighted by Gasteiger charge is 2.51. The lowest BCUT2D eigenvalue weighted by atomic mass is 9.97. The third-order valence-corrected chi connectivity index (χ3v) is 16.0. The third kappa shape index (κ3) is 35.9. The maximum atomic E-state index is 13.3. The van der Waals surface area contributed by atoms with Gasteiger partial charge in [0.15, 0.2) is 12.6 Å².